The van der Waals surface area contributed by atoms with Gasteiger partial charge in [0.2, 0.25) is 0 Å². The minimum atomic E-state index is 0.554. The monoisotopic (exact) mass is 716 g/mol. The topological polar surface area (TPSA) is 56.7 Å². The van der Waals surface area contributed by atoms with E-state index >= 15 is 0 Å². The molecule has 0 bridgehead atoms. The van der Waals surface area contributed by atoms with Gasteiger partial charge in [-0.2, -0.15) is 0 Å². The number of benzene rings is 8. The predicted octanol–water partition coefficient (Wildman–Crippen LogP) is 13.2. The smallest absolute Gasteiger partial charge is 0.167 e. The fourth-order valence-electron chi connectivity index (χ4n) is 7.96. The van der Waals surface area contributed by atoms with E-state index in [2.05, 4.69) is 156 Å². The first kappa shape index (κ1) is 31.9. The van der Waals surface area contributed by atoms with Crippen LogP contribution in [0.25, 0.3) is 106 Å². The standard InChI is InChI=1S/C51H32N4O/c1-3-13-33(14-4-1)36-15-11-16-37(31-36)34-25-27-35(28-26-34)49-52-50(54-51(53-49)44-22-12-21-43-42-20-8-10-24-47(42)56-48(43)44)38-29-30-41-40-19-7-9-23-45(40)55(46(41)32-38)39-17-5-2-6-18-39/h1-32H. The minimum Gasteiger partial charge on any atom is -0.455 e. The molecule has 0 N–H and O–H groups in total. The van der Waals surface area contributed by atoms with Crippen LogP contribution in [-0.4, -0.2) is 19.5 Å². The fraction of sp³-hybridized carbons (Fsp3) is 0. The summed E-state index contributed by atoms with van der Waals surface area (Å²) in [6.45, 7) is 0. The highest BCUT2D eigenvalue weighted by molar-refractivity contribution is 6.11. The number of furan rings is 1. The predicted molar refractivity (Wildman–Crippen MR) is 229 cm³/mol. The minimum absolute atomic E-state index is 0.554. The first-order valence-corrected chi connectivity index (χ1v) is 18.8. The Hall–Kier alpha value is -7.63. The highest BCUT2D eigenvalue weighted by Gasteiger charge is 2.19. The van der Waals surface area contributed by atoms with Crippen molar-refractivity contribution in [2.75, 3.05) is 0 Å². The van der Waals surface area contributed by atoms with Crippen molar-refractivity contribution in [3.05, 3.63) is 194 Å². The molecule has 0 fully saturated rings. The molecule has 0 saturated heterocycles. The fourth-order valence-corrected chi connectivity index (χ4v) is 7.96. The largest absolute Gasteiger partial charge is 0.455 e. The van der Waals surface area contributed by atoms with Crippen LogP contribution in [0.5, 0.6) is 0 Å². The molecule has 0 aliphatic heterocycles. The maximum absolute atomic E-state index is 6.49. The molecule has 5 heteroatoms. The average molecular weight is 717 g/mol. The van der Waals surface area contributed by atoms with E-state index < -0.39 is 0 Å². The van der Waals surface area contributed by atoms with E-state index in [-0.39, 0.29) is 0 Å². The highest BCUT2D eigenvalue weighted by atomic mass is 16.3. The van der Waals surface area contributed by atoms with Crippen LogP contribution in [0.1, 0.15) is 0 Å². The highest BCUT2D eigenvalue weighted by Crippen LogP contribution is 2.38. The molecule has 0 saturated carbocycles. The first-order chi connectivity index (χ1) is 27.7. The van der Waals surface area contributed by atoms with Crippen molar-refractivity contribution in [2.24, 2.45) is 0 Å². The van der Waals surface area contributed by atoms with Crippen molar-refractivity contribution in [2.45, 2.75) is 0 Å². The van der Waals surface area contributed by atoms with E-state index in [1.807, 2.05) is 42.5 Å². The van der Waals surface area contributed by atoms with Gasteiger partial charge in [-0.1, -0.05) is 152 Å². The molecule has 262 valence electrons. The summed E-state index contributed by atoms with van der Waals surface area (Å²) in [6.07, 6.45) is 0. The van der Waals surface area contributed by atoms with E-state index in [9.17, 15) is 0 Å². The Bertz CT molecular complexity index is 3240. The lowest BCUT2D eigenvalue weighted by Crippen LogP contribution is -2.01. The van der Waals surface area contributed by atoms with Gasteiger partial charge in [-0.3, -0.25) is 0 Å². The SMILES string of the molecule is c1ccc(-c2cccc(-c3ccc(-c4nc(-c5ccc6c7ccccc7n(-c7ccccc7)c6c5)nc(-c5cccc6c5oc5ccccc56)n4)cc3)c2)cc1. The van der Waals surface area contributed by atoms with Crippen molar-refractivity contribution in [3.63, 3.8) is 0 Å². The van der Waals surface area contributed by atoms with E-state index in [4.69, 9.17) is 19.4 Å². The Balaban J connectivity index is 1.09. The second-order valence-electron chi connectivity index (χ2n) is 14.0. The number of fused-ring (bicyclic) bond motifs is 6. The molecule has 0 unspecified atom stereocenters. The van der Waals surface area contributed by atoms with Crippen molar-refractivity contribution in [3.8, 4) is 62.1 Å². The lowest BCUT2D eigenvalue weighted by atomic mass is 9.98. The Morgan fingerprint density at radius 1 is 0.339 bits per heavy atom. The normalized spacial score (nSPS) is 11.6. The zero-order valence-corrected chi connectivity index (χ0v) is 30.2. The molecule has 11 aromatic rings. The number of para-hydroxylation sites is 4. The van der Waals surface area contributed by atoms with Gasteiger partial charge in [0.05, 0.1) is 16.6 Å². The van der Waals surface area contributed by atoms with Gasteiger partial charge >= 0.3 is 0 Å². The second kappa shape index (κ2) is 13.0. The van der Waals surface area contributed by atoms with Gasteiger partial charge < -0.3 is 8.98 Å². The summed E-state index contributed by atoms with van der Waals surface area (Å²) in [7, 11) is 0. The van der Waals surface area contributed by atoms with Crippen LogP contribution in [0.3, 0.4) is 0 Å². The molecule has 0 aliphatic rings. The van der Waals surface area contributed by atoms with Gasteiger partial charge in [0.25, 0.3) is 0 Å². The molecule has 3 heterocycles. The third-order valence-corrected chi connectivity index (χ3v) is 10.7. The van der Waals surface area contributed by atoms with Gasteiger partial charge in [-0.25, -0.2) is 15.0 Å². The number of nitrogens with zero attached hydrogens (tertiary/aromatic N) is 4. The molecule has 56 heavy (non-hydrogen) atoms. The van der Waals surface area contributed by atoms with E-state index in [0.717, 1.165) is 66.5 Å². The van der Waals surface area contributed by atoms with Gasteiger partial charge in [0.15, 0.2) is 17.5 Å². The maximum atomic E-state index is 6.49. The van der Waals surface area contributed by atoms with Crippen LogP contribution in [0, 0.1) is 0 Å². The van der Waals surface area contributed by atoms with Crippen LogP contribution < -0.4 is 0 Å². The second-order valence-corrected chi connectivity index (χ2v) is 14.0. The quantitative estimate of drug-likeness (QED) is 0.172. The molecule has 0 aliphatic carbocycles. The summed E-state index contributed by atoms with van der Waals surface area (Å²) in [5, 5.41) is 4.45. The Morgan fingerprint density at radius 3 is 1.70 bits per heavy atom. The van der Waals surface area contributed by atoms with E-state index in [1.165, 1.54) is 21.9 Å². The average Bonchev–Trinajstić information content (AvgIpc) is 3.83. The molecule has 11 rings (SSSR count). The lowest BCUT2D eigenvalue weighted by molar-refractivity contribution is 0.669. The number of aromatic nitrogens is 4. The molecule has 0 spiro atoms. The molecule has 5 nitrogen and oxygen atoms in total. The summed E-state index contributed by atoms with van der Waals surface area (Å²) < 4.78 is 8.81. The molecule has 3 aromatic heterocycles. The number of hydrogen-bond donors (Lipinski definition) is 0. The summed E-state index contributed by atoms with van der Waals surface area (Å²) in [5.41, 5.74) is 12.2. The third kappa shape index (κ3) is 5.37. The van der Waals surface area contributed by atoms with Gasteiger partial charge in [-0.15, -0.1) is 0 Å². The van der Waals surface area contributed by atoms with Crippen molar-refractivity contribution >= 4 is 43.7 Å². The molecular formula is C51H32N4O. The van der Waals surface area contributed by atoms with Gasteiger partial charge in [-0.05, 0) is 64.7 Å². The molecule has 0 amide bonds. The van der Waals surface area contributed by atoms with Crippen molar-refractivity contribution in [1.82, 2.24) is 19.5 Å². The van der Waals surface area contributed by atoms with Crippen LogP contribution in [0.2, 0.25) is 0 Å². The Labute approximate surface area is 322 Å². The van der Waals surface area contributed by atoms with Gasteiger partial charge in [0.1, 0.15) is 11.2 Å². The zero-order valence-electron chi connectivity index (χ0n) is 30.2. The van der Waals surface area contributed by atoms with Crippen LogP contribution in [0.15, 0.2) is 199 Å². The van der Waals surface area contributed by atoms with Crippen LogP contribution in [0.4, 0.5) is 0 Å². The zero-order chi connectivity index (χ0) is 37.0. The Kier molecular flexibility index (Phi) is 7.42. The van der Waals surface area contributed by atoms with Crippen molar-refractivity contribution < 1.29 is 4.42 Å². The van der Waals surface area contributed by atoms with Crippen LogP contribution >= 0.6 is 0 Å². The lowest BCUT2D eigenvalue weighted by Gasteiger charge is -2.11. The Morgan fingerprint density at radius 2 is 0.893 bits per heavy atom. The van der Waals surface area contributed by atoms with Crippen LogP contribution in [-0.2, 0) is 0 Å². The number of rotatable bonds is 6. The summed E-state index contributed by atoms with van der Waals surface area (Å²) >= 11 is 0. The van der Waals surface area contributed by atoms with E-state index in [0.29, 0.717) is 17.5 Å². The molecule has 8 aromatic carbocycles. The third-order valence-electron chi connectivity index (χ3n) is 10.7. The van der Waals surface area contributed by atoms with E-state index in [1.54, 1.807) is 0 Å². The summed E-state index contributed by atoms with van der Waals surface area (Å²) in [4.78, 5) is 15.5. The molecular weight excluding hydrogens is 685 g/mol. The van der Waals surface area contributed by atoms with Gasteiger partial charge in [0, 0.05) is 38.4 Å². The molecule has 0 radical (unpaired) electrons. The van der Waals surface area contributed by atoms with Crippen molar-refractivity contribution in [1.29, 1.82) is 0 Å². The summed E-state index contributed by atoms with van der Waals surface area (Å²) in [5.74, 6) is 1.73. The maximum Gasteiger partial charge on any atom is 0.167 e. The number of hydrogen-bond acceptors (Lipinski definition) is 4. The molecule has 0 atom stereocenters. The summed E-state index contributed by atoms with van der Waals surface area (Å²) in [6, 6.07) is 67.5. The first-order valence-electron chi connectivity index (χ1n) is 18.8.